The van der Waals surface area contributed by atoms with Crippen LogP contribution < -0.4 is 5.32 Å². The maximum Gasteiger partial charge on any atom is 0.115 e. The summed E-state index contributed by atoms with van der Waals surface area (Å²) in [6.07, 6.45) is 6.08. The third-order valence-electron chi connectivity index (χ3n) is 3.41. The molecule has 0 saturated heterocycles. The zero-order valence-corrected chi connectivity index (χ0v) is 10.8. The Hall–Kier alpha value is -0.730. The Labute approximate surface area is 108 Å². The van der Waals surface area contributed by atoms with Gasteiger partial charge in [-0.15, -0.1) is 11.6 Å². The highest BCUT2D eigenvalue weighted by molar-refractivity contribution is 6.21. The molecule has 2 nitrogen and oxygen atoms in total. The summed E-state index contributed by atoms with van der Waals surface area (Å²) in [6, 6.07) is 7.79. The van der Waals surface area contributed by atoms with Crippen molar-refractivity contribution in [1.29, 1.82) is 0 Å². The molecule has 1 fully saturated rings. The van der Waals surface area contributed by atoms with E-state index in [1.165, 1.54) is 19.3 Å². The summed E-state index contributed by atoms with van der Waals surface area (Å²) >= 11 is 6.37. The zero-order chi connectivity index (χ0) is 12.1. The zero-order valence-electron chi connectivity index (χ0n) is 10.0. The number of hydrogen-bond donors (Lipinski definition) is 2. The van der Waals surface area contributed by atoms with E-state index in [1.807, 2.05) is 12.1 Å². The van der Waals surface area contributed by atoms with Gasteiger partial charge in [-0.3, -0.25) is 0 Å². The smallest absolute Gasteiger partial charge is 0.115 e. The van der Waals surface area contributed by atoms with Crippen LogP contribution in [0.2, 0.25) is 0 Å². The maximum absolute atomic E-state index is 9.39. The molecule has 17 heavy (non-hydrogen) atoms. The van der Waals surface area contributed by atoms with Crippen LogP contribution in [0.5, 0.6) is 5.75 Å². The van der Waals surface area contributed by atoms with Gasteiger partial charge in [-0.1, -0.05) is 31.4 Å². The molecule has 0 radical (unpaired) electrons. The summed E-state index contributed by atoms with van der Waals surface area (Å²) in [5.41, 5.74) is 1.11. The third kappa shape index (κ3) is 3.90. The lowest BCUT2D eigenvalue weighted by molar-refractivity contribution is 0.459. The van der Waals surface area contributed by atoms with E-state index in [9.17, 15) is 5.11 Å². The minimum absolute atomic E-state index is 0.245. The van der Waals surface area contributed by atoms with Gasteiger partial charge in [0.15, 0.2) is 0 Å². The van der Waals surface area contributed by atoms with E-state index in [0.29, 0.717) is 11.8 Å². The van der Waals surface area contributed by atoms with Gasteiger partial charge < -0.3 is 10.4 Å². The van der Waals surface area contributed by atoms with Gasteiger partial charge in [0.1, 0.15) is 5.75 Å². The topological polar surface area (TPSA) is 32.3 Å². The van der Waals surface area contributed by atoms with Gasteiger partial charge in [-0.2, -0.15) is 0 Å². The molecular formula is C14H20ClNO. The van der Waals surface area contributed by atoms with E-state index >= 15 is 0 Å². The first-order valence-corrected chi connectivity index (χ1v) is 6.85. The number of phenols is 1. The Bertz CT molecular complexity index is 356. The monoisotopic (exact) mass is 253 g/mol. The second-order valence-corrected chi connectivity index (χ2v) is 5.37. The number of halogens is 1. The summed E-state index contributed by atoms with van der Waals surface area (Å²) in [5.74, 6) is 0.326. The molecule has 2 rings (SSSR count). The molecule has 1 saturated carbocycles. The van der Waals surface area contributed by atoms with Crippen LogP contribution in [-0.4, -0.2) is 16.5 Å². The normalized spacial score (nSPS) is 25.5. The number of phenolic OH excluding ortho intramolecular Hbond substituents is 1. The summed E-state index contributed by atoms with van der Waals surface area (Å²) in [7, 11) is 0. The molecule has 94 valence electrons. The van der Waals surface area contributed by atoms with E-state index < -0.39 is 0 Å². The van der Waals surface area contributed by atoms with Crippen molar-refractivity contribution in [2.75, 3.05) is 0 Å². The highest BCUT2D eigenvalue weighted by atomic mass is 35.5. The highest BCUT2D eigenvalue weighted by Crippen LogP contribution is 2.22. The van der Waals surface area contributed by atoms with Crippen molar-refractivity contribution in [3.8, 4) is 5.75 Å². The van der Waals surface area contributed by atoms with Crippen LogP contribution in [0.15, 0.2) is 24.3 Å². The predicted octanol–water partition coefficient (Wildman–Crippen LogP) is 3.42. The van der Waals surface area contributed by atoms with Gasteiger partial charge in [-0.05, 0) is 30.5 Å². The molecule has 0 aliphatic heterocycles. The molecule has 1 aliphatic rings. The van der Waals surface area contributed by atoms with Gasteiger partial charge in [0, 0.05) is 18.0 Å². The number of hydrogen-bond acceptors (Lipinski definition) is 2. The van der Waals surface area contributed by atoms with E-state index in [4.69, 9.17) is 11.6 Å². The molecule has 0 spiro atoms. The molecule has 2 unspecified atom stereocenters. The van der Waals surface area contributed by atoms with Crippen molar-refractivity contribution < 1.29 is 5.11 Å². The number of rotatable bonds is 3. The average Bonchev–Trinajstić information content (AvgIpc) is 2.52. The van der Waals surface area contributed by atoms with Crippen LogP contribution in [0.25, 0.3) is 0 Å². The maximum atomic E-state index is 9.39. The number of benzene rings is 1. The summed E-state index contributed by atoms with van der Waals surface area (Å²) < 4.78 is 0. The van der Waals surface area contributed by atoms with Crippen LogP contribution >= 0.6 is 11.6 Å². The second-order valence-electron chi connectivity index (χ2n) is 4.81. The van der Waals surface area contributed by atoms with Gasteiger partial charge in [-0.25, -0.2) is 0 Å². The molecular weight excluding hydrogens is 234 g/mol. The molecule has 2 N–H and O–H groups in total. The SMILES string of the molecule is Oc1cccc(CNC2CCCCCC2Cl)c1. The van der Waals surface area contributed by atoms with Crippen molar-refractivity contribution in [2.45, 2.75) is 50.1 Å². The molecule has 1 aliphatic carbocycles. The summed E-state index contributed by atoms with van der Waals surface area (Å²) in [4.78, 5) is 0. The molecule has 1 aromatic carbocycles. The van der Waals surface area contributed by atoms with Gasteiger partial charge in [0.25, 0.3) is 0 Å². The molecule has 1 aromatic rings. The number of alkyl halides is 1. The predicted molar refractivity (Wildman–Crippen MR) is 71.5 cm³/mol. The molecule has 0 aromatic heterocycles. The van der Waals surface area contributed by atoms with E-state index in [-0.39, 0.29) is 5.38 Å². The fourth-order valence-corrected chi connectivity index (χ4v) is 2.78. The van der Waals surface area contributed by atoms with Gasteiger partial charge in [0.2, 0.25) is 0 Å². The fourth-order valence-electron chi connectivity index (χ4n) is 2.41. The van der Waals surface area contributed by atoms with Crippen LogP contribution in [0.3, 0.4) is 0 Å². The van der Waals surface area contributed by atoms with Crippen molar-refractivity contribution >= 4 is 11.6 Å². The van der Waals surface area contributed by atoms with Crippen molar-refractivity contribution in [2.24, 2.45) is 0 Å². The Morgan fingerprint density at radius 1 is 1.24 bits per heavy atom. The third-order valence-corrected chi connectivity index (χ3v) is 3.93. The lowest BCUT2D eigenvalue weighted by atomic mass is 10.1. The van der Waals surface area contributed by atoms with E-state index in [2.05, 4.69) is 5.32 Å². The Morgan fingerprint density at radius 3 is 2.88 bits per heavy atom. The molecule has 2 atom stereocenters. The quantitative estimate of drug-likeness (QED) is 0.639. The van der Waals surface area contributed by atoms with E-state index in [0.717, 1.165) is 24.9 Å². The summed E-state index contributed by atoms with van der Waals surface area (Å²) in [5, 5.41) is 13.2. The minimum atomic E-state index is 0.245. The van der Waals surface area contributed by atoms with E-state index in [1.54, 1.807) is 12.1 Å². The van der Waals surface area contributed by atoms with Crippen LogP contribution in [-0.2, 0) is 6.54 Å². The van der Waals surface area contributed by atoms with Crippen LogP contribution in [0, 0.1) is 0 Å². The lowest BCUT2D eigenvalue weighted by Crippen LogP contribution is -2.35. The standard InChI is InChI=1S/C14H20ClNO/c15-13-7-2-1-3-8-14(13)16-10-11-5-4-6-12(17)9-11/h4-6,9,13-14,16-17H,1-3,7-8,10H2. The Balaban J connectivity index is 1.88. The van der Waals surface area contributed by atoms with Crippen LogP contribution in [0.1, 0.15) is 37.7 Å². The molecule has 0 amide bonds. The Kier molecular flexibility index (Phi) is 4.69. The highest BCUT2D eigenvalue weighted by Gasteiger charge is 2.20. The molecule has 0 bridgehead atoms. The van der Waals surface area contributed by atoms with Gasteiger partial charge in [0.05, 0.1) is 0 Å². The van der Waals surface area contributed by atoms with Crippen molar-refractivity contribution in [1.82, 2.24) is 5.32 Å². The molecule has 0 heterocycles. The van der Waals surface area contributed by atoms with Crippen molar-refractivity contribution in [3.63, 3.8) is 0 Å². The second kappa shape index (κ2) is 6.27. The summed E-state index contributed by atoms with van der Waals surface area (Å²) in [6.45, 7) is 0.780. The first kappa shape index (κ1) is 12.7. The number of aromatic hydroxyl groups is 1. The largest absolute Gasteiger partial charge is 0.508 e. The fraction of sp³-hybridized carbons (Fsp3) is 0.571. The van der Waals surface area contributed by atoms with Gasteiger partial charge >= 0.3 is 0 Å². The molecule has 3 heteroatoms. The van der Waals surface area contributed by atoms with Crippen LogP contribution in [0.4, 0.5) is 0 Å². The minimum Gasteiger partial charge on any atom is -0.508 e. The lowest BCUT2D eigenvalue weighted by Gasteiger charge is -2.21. The first-order chi connectivity index (χ1) is 8.25. The van der Waals surface area contributed by atoms with Crippen molar-refractivity contribution in [3.05, 3.63) is 29.8 Å². The number of nitrogens with one attached hydrogen (secondary N) is 1. The average molecular weight is 254 g/mol. The Morgan fingerprint density at radius 2 is 2.06 bits per heavy atom. The first-order valence-electron chi connectivity index (χ1n) is 6.41.